The highest BCUT2D eigenvalue weighted by molar-refractivity contribution is 6.00. The summed E-state index contributed by atoms with van der Waals surface area (Å²) in [6.07, 6.45) is 2.05. The van der Waals surface area contributed by atoms with E-state index in [1.54, 1.807) is 17.0 Å². The Hall–Kier alpha value is -2.24. The minimum absolute atomic E-state index is 0.0222. The SMILES string of the molecule is CCC1CCN(C(=O)Nc2ccc(OC)cc2C(=O)O)C1. The van der Waals surface area contributed by atoms with Crippen molar-refractivity contribution in [3.8, 4) is 5.75 Å². The number of likely N-dealkylation sites (tertiary alicyclic amines) is 1. The number of methoxy groups -OCH3 is 1. The van der Waals surface area contributed by atoms with Gasteiger partial charge in [-0.25, -0.2) is 9.59 Å². The van der Waals surface area contributed by atoms with Gasteiger partial charge in [0.1, 0.15) is 5.75 Å². The molecule has 2 rings (SSSR count). The van der Waals surface area contributed by atoms with Crippen LogP contribution in [0.3, 0.4) is 0 Å². The number of nitrogens with zero attached hydrogens (tertiary/aromatic N) is 1. The summed E-state index contributed by atoms with van der Waals surface area (Å²) in [5.41, 5.74) is 0.308. The number of hydrogen-bond acceptors (Lipinski definition) is 3. The number of anilines is 1. The molecule has 1 atom stereocenters. The number of benzene rings is 1. The smallest absolute Gasteiger partial charge is 0.337 e. The number of carbonyl (C=O) groups is 2. The van der Waals surface area contributed by atoms with Crippen molar-refractivity contribution in [2.24, 2.45) is 5.92 Å². The van der Waals surface area contributed by atoms with Gasteiger partial charge in [-0.3, -0.25) is 0 Å². The van der Waals surface area contributed by atoms with E-state index in [9.17, 15) is 14.7 Å². The highest BCUT2D eigenvalue weighted by Crippen LogP contribution is 2.24. The van der Waals surface area contributed by atoms with Gasteiger partial charge in [0.05, 0.1) is 18.4 Å². The Bertz CT molecular complexity index is 544. The van der Waals surface area contributed by atoms with Crippen molar-refractivity contribution >= 4 is 17.7 Å². The molecule has 6 nitrogen and oxygen atoms in total. The van der Waals surface area contributed by atoms with Gasteiger partial charge in [0.25, 0.3) is 0 Å². The second kappa shape index (κ2) is 6.47. The molecule has 0 aliphatic carbocycles. The molecule has 1 heterocycles. The van der Waals surface area contributed by atoms with Gasteiger partial charge < -0.3 is 20.1 Å². The molecule has 0 saturated carbocycles. The number of amides is 2. The van der Waals surface area contributed by atoms with E-state index in [1.165, 1.54) is 13.2 Å². The monoisotopic (exact) mass is 292 g/mol. The molecule has 114 valence electrons. The van der Waals surface area contributed by atoms with E-state index in [2.05, 4.69) is 12.2 Å². The largest absolute Gasteiger partial charge is 0.497 e. The summed E-state index contributed by atoms with van der Waals surface area (Å²) in [4.78, 5) is 25.2. The van der Waals surface area contributed by atoms with Gasteiger partial charge in [0.2, 0.25) is 0 Å². The molecule has 1 unspecified atom stereocenters. The first kappa shape index (κ1) is 15.2. The summed E-state index contributed by atoms with van der Waals surface area (Å²) in [6.45, 7) is 3.54. The number of nitrogens with one attached hydrogen (secondary N) is 1. The molecule has 0 spiro atoms. The minimum Gasteiger partial charge on any atom is -0.497 e. The number of urea groups is 1. The molecule has 1 aliphatic rings. The van der Waals surface area contributed by atoms with Gasteiger partial charge in [-0.2, -0.15) is 0 Å². The van der Waals surface area contributed by atoms with Crippen molar-refractivity contribution in [2.75, 3.05) is 25.5 Å². The van der Waals surface area contributed by atoms with Crippen molar-refractivity contribution < 1.29 is 19.4 Å². The van der Waals surface area contributed by atoms with Crippen LogP contribution in [-0.4, -0.2) is 42.2 Å². The van der Waals surface area contributed by atoms with E-state index in [0.29, 0.717) is 18.2 Å². The third-order valence-electron chi connectivity index (χ3n) is 3.85. The van der Waals surface area contributed by atoms with Crippen LogP contribution >= 0.6 is 0 Å². The summed E-state index contributed by atoms with van der Waals surface area (Å²) in [5, 5.41) is 11.9. The lowest BCUT2D eigenvalue weighted by molar-refractivity contribution is 0.0697. The van der Waals surface area contributed by atoms with Crippen LogP contribution in [0.5, 0.6) is 5.75 Å². The molecule has 0 radical (unpaired) electrons. The van der Waals surface area contributed by atoms with Crippen LogP contribution in [0.2, 0.25) is 0 Å². The standard InChI is InChI=1S/C15H20N2O4/c1-3-10-6-7-17(9-10)15(20)16-13-5-4-11(21-2)8-12(13)14(18)19/h4-5,8,10H,3,6-7,9H2,1-2H3,(H,16,20)(H,18,19). The van der Waals surface area contributed by atoms with Crippen molar-refractivity contribution in [3.63, 3.8) is 0 Å². The Labute approximate surface area is 123 Å². The van der Waals surface area contributed by atoms with E-state index in [0.717, 1.165) is 19.4 Å². The quantitative estimate of drug-likeness (QED) is 0.894. The van der Waals surface area contributed by atoms with Crippen LogP contribution in [0, 0.1) is 5.92 Å². The predicted molar refractivity (Wildman–Crippen MR) is 78.9 cm³/mol. The first-order chi connectivity index (χ1) is 10.0. The van der Waals surface area contributed by atoms with Crippen LogP contribution in [-0.2, 0) is 0 Å². The maximum Gasteiger partial charge on any atom is 0.337 e. The van der Waals surface area contributed by atoms with Crippen LogP contribution in [0.4, 0.5) is 10.5 Å². The Morgan fingerprint density at radius 2 is 2.24 bits per heavy atom. The zero-order valence-corrected chi connectivity index (χ0v) is 12.3. The van der Waals surface area contributed by atoms with Crippen molar-refractivity contribution in [1.29, 1.82) is 0 Å². The minimum atomic E-state index is -1.10. The third-order valence-corrected chi connectivity index (χ3v) is 3.85. The van der Waals surface area contributed by atoms with Gasteiger partial charge in [-0.15, -0.1) is 0 Å². The molecule has 0 aromatic heterocycles. The first-order valence-electron chi connectivity index (χ1n) is 7.02. The number of hydrogen-bond donors (Lipinski definition) is 2. The number of aromatic carboxylic acids is 1. The van der Waals surface area contributed by atoms with E-state index in [4.69, 9.17) is 4.74 Å². The molecular formula is C15H20N2O4. The summed E-state index contributed by atoms with van der Waals surface area (Å²) in [6, 6.07) is 4.32. The molecule has 21 heavy (non-hydrogen) atoms. The van der Waals surface area contributed by atoms with Crippen molar-refractivity contribution in [3.05, 3.63) is 23.8 Å². The Morgan fingerprint density at radius 1 is 1.48 bits per heavy atom. The molecule has 1 fully saturated rings. The molecule has 2 N–H and O–H groups in total. The van der Waals surface area contributed by atoms with Gasteiger partial charge >= 0.3 is 12.0 Å². The number of carbonyl (C=O) groups excluding carboxylic acids is 1. The predicted octanol–water partition coefficient (Wildman–Crippen LogP) is 2.66. The fraction of sp³-hybridized carbons (Fsp3) is 0.467. The maximum absolute atomic E-state index is 12.2. The molecule has 1 saturated heterocycles. The highest BCUT2D eigenvalue weighted by Gasteiger charge is 2.25. The number of carboxylic acid groups (broad SMARTS) is 1. The molecular weight excluding hydrogens is 272 g/mol. The summed E-state index contributed by atoms with van der Waals surface area (Å²) in [5.74, 6) is -0.125. The highest BCUT2D eigenvalue weighted by atomic mass is 16.5. The summed E-state index contributed by atoms with van der Waals surface area (Å²) >= 11 is 0. The van der Waals surface area contributed by atoms with E-state index in [-0.39, 0.29) is 17.3 Å². The lowest BCUT2D eigenvalue weighted by atomic mass is 10.1. The Morgan fingerprint density at radius 3 is 2.81 bits per heavy atom. The van der Waals surface area contributed by atoms with Gasteiger partial charge in [-0.1, -0.05) is 13.3 Å². The lowest BCUT2D eigenvalue weighted by Crippen LogP contribution is -2.33. The van der Waals surface area contributed by atoms with E-state index >= 15 is 0 Å². The Kier molecular flexibility index (Phi) is 4.67. The fourth-order valence-electron chi connectivity index (χ4n) is 2.48. The molecule has 0 bridgehead atoms. The average Bonchev–Trinajstić information content (AvgIpc) is 2.96. The first-order valence-corrected chi connectivity index (χ1v) is 7.02. The third kappa shape index (κ3) is 3.45. The van der Waals surface area contributed by atoms with Gasteiger partial charge in [0.15, 0.2) is 0 Å². The number of rotatable bonds is 4. The zero-order valence-electron chi connectivity index (χ0n) is 12.3. The second-order valence-electron chi connectivity index (χ2n) is 5.16. The van der Waals surface area contributed by atoms with Gasteiger partial charge in [-0.05, 0) is 30.5 Å². The van der Waals surface area contributed by atoms with Crippen molar-refractivity contribution in [1.82, 2.24) is 4.90 Å². The molecule has 2 amide bonds. The molecule has 6 heteroatoms. The topological polar surface area (TPSA) is 78.9 Å². The van der Waals surface area contributed by atoms with Crippen LogP contribution in [0.25, 0.3) is 0 Å². The number of carboxylic acids is 1. The lowest BCUT2D eigenvalue weighted by Gasteiger charge is -2.18. The number of ether oxygens (including phenoxy) is 1. The van der Waals surface area contributed by atoms with Crippen LogP contribution in [0.1, 0.15) is 30.1 Å². The Balaban J connectivity index is 2.12. The van der Waals surface area contributed by atoms with Gasteiger partial charge in [0, 0.05) is 13.1 Å². The zero-order chi connectivity index (χ0) is 15.4. The van der Waals surface area contributed by atoms with E-state index < -0.39 is 5.97 Å². The van der Waals surface area contributed by atoms with E-state index in [1.807, 2.05) is 0 Å². The second-order valence-corrected chi connectivity index (χ2v) is 5.16. The normalized spacial score (nSPS) is 17.6. The fourth-order valence-corrected chi connectivity index (χ4v) is 2.48. The maximum atomic E-state index is 12.2. The summed E-state index contributed by atoms with van der Waals surface area (Å²) in [7, 11) is 1.47. The summed E-state index contributed by atoms with van der Waals surface area (Å²) < 4.78 is 5.01. The van der Waals surface area contributed by atoms with Crippen LogP contribution < -0.4 is 10.1 Å². The van der Waals surface area contributed by atoms with Crippen LogP contribution in [0.15, 0.2) is 18.2 Å². The molecule has 1 aromatic carbocycles. The average molecular weight is 292 g/mol. The van der Waals surface area contributed by atoms with Crippen molar-refractivity contribution in [2.45, 2.75) is 19.8 Å². The molecule has 1 aromatic rings. The molecule has 1 aliphatic heterocycles.